The highest BCUT2D eigenvalue weighted by atomic mass is 16.7. The highest BCUT2D eigenvalue weighted by molar-refractivity contribution is 5.64. The van der Waals surface area contributed by atoms with E-state index in [1.165, 1.54) is 11.1 Å². The molecule has 2 unspecified atom stereocenters. The standard InChI is InChI=1S/C22H34O3/c1-20(2,3)17-13-14-12-15(24-19(23)25-22(7,8)9)10-11-16(14)18(17)21(4,5)6/h10-12,17-18H,13H2,1-9H3. The molecule has 0 N–H and O–H groups in total. The van der Waals surface area contributed by atoms with Gasteiger partial charge in [-0.1, -0.05) is 47.6 Å². The SMILES string of the molecule is CC(C)(C)OC(=O)Oc1ccc2c(c1)CC(C(C)(C)C)C2C(C)(C)C. The third-order valence-corrected chi connectivity index (χ3v) is 4.93. The Morgan fingerprint density at radius 1 is 0.960 bits per heavy atom. The summed E-state index contributed by atoms with van der Waals surface area (Å²) in [4.78, 5) is 11.9. The Morgan fingerprint density at radius 2 is 1.56 bits per heavy atom. The smallest absolute Gasteiger partial charge is 0.428 e. The molecule has 2 atom stereocenters. The fourth-order valence-electron chi connectivity index (χ4n) is 3.94. The van der Waals surface area contributed by atoms with Crippen LogP contribution in [0.4, 0.5) is 4.79 Å². The molecule has 0 aliphatic heterocycles. The summed E-state index contributed by atoms with van der Waals surface area (Å²) >= 11 is 0. The van der Waals surface area contributed by atoms with Gasteiger partial charge >= 0.3 is 6.16 Å². The Hall–Kier alpha value is -1.51. The molecule has 0 bridgehead atoms. The van der Waals surface area contributed by atoms with Gasteiger partial charge in [-0.3, -0.25) is 0 Å². The molecule has 0 saturated carbocycles. The highest BCUT2D eigenvalue weighted by Gasteiger charge is 2.44. The van der Waals surface area contributed by atoms with Crippen LogP contribution in [0, 0.1) is 16.7 Å². The van der Waals surface area contributed by atoms with Crippen molar-refractivity contribution in [1.29, 1.82) is 0 Å². The van der Waals surface area contributed by atoms with Crippen molar-refractivity contribution < 1.29 is 14.3 Å². The maximum absolute atomic E-state index is 11.9. The van der Waals surface area contributed by atoms with Crippen molar-refractivity contribution in [1.82, 2.24) is 0 Å². The minimum absolute atomic E-state index is 0.191. The third-order valence-electron chi connectivity index (χ3n) is 4.93. The molecule has 0 saturated heterocycles. The van der Waals surface area contributed by atoms with Crippen LogP contribution in [0.25, 0.3) is 0 Å². The molecule has 0 spiro atoms. The predicted octanol–water partition coefficient (Wildman–Crippen LogP) is 6.35. The summed E-state index contributed by atoms with van der Waals surface area (Å²) in [6, 6.07) is 6.05. The minimum Gasteiger partial charge on any atom is -0.428 e. The van der Waals surface area contributed by atoms with E-state index in [1.54, 1.807) is 0 Å². The summed E-state index contributed by atoms with van der Waals surface area (Å²) < 4.78 is 10.6. The Bertz CT molecular complexity index is 639. The van der Waals surface area contributed by atoms with Crippen LogP contribution in [-0.2, 0) is 11.2 Å². The Kier molecular flexibility index (Phi) is 5.02. The molecule has 1 aromatic rings. The number of benzene rings is 1. The molecule has 3 heteroatoms. The van der Waals surface area contributed by atoms with Crippen LogP contribution in [0.5, 0.6) is 5.75 Å². The summed E-state index contributed by atoms with van der Waals surface area (Å²) in [5.74, 6) is 1.63. The molecular formula is C22H34O3. The zero-order valence-electron chi connectivity index (χ0n) is 17.3. The Morgan fingerprint density at radius 3 is 2.04 bits per heavy atom. The van der Waals surface area contributed by atoms with Crippen LogP contribution >= 0.6 is 0 Å². The molecule has 1 aromatic carbocycles. The van der Waals surface area contributed by atoms with Gasteiger partial charge in [-0.05, 0) is 73.1 Å². The zero-order valence-corrected chi connectivity index (χ0v) is 17.3. The zero-order chi connectivity index (χ0) is 19.2. The van der Waals surface area contributed by atoms with Crippen LogP contribution in [0.2, 0.25) is 0 Å². The van der Waals surface area contributed by atoms with Crippen molar-refractivity contribution in [2.45, 2.75) is 80.3 Å². The summed E-state index contributed by atoms with van der Waals surface area (Å²) in [6.45, 7) is 19.4. The molecule has 0 radical (unpaired) electrons. The van der Waals surface area contributed by atoms with Crippen LogP contribution in [-0.4, -0.2) is 11.8 Å². The lowest BCUT2D eigenvalue weighted by Crippen LogP contribution is -2.31. The quantitative estimate of drug-likeness (QED) is 0.439. The molecule has 1 aliphatic carbocycles. The van der Waals surface area contributed by atoms with Crippen LogP contribution in [0.1, 0.15) is 79.4 Å². The number of carbonyl (C=O) groups excluding carboxylic acids is 1. The largest absolute Gasteiger partial charge is 0.514 e. The molecule has 0 amide bonds. The Balaban J connectivity index is 2.29. The fraction of sp³-hybridized carbons (Fsp3) is 0.682. The lowest BCUT2D eigenvalue weighted by Gasteiger charge is -2.40. The van der Waals surface area contributed by atoms with E-state index in [4.69, 9.17) is 9.47 Å². The van der Waals surface area contributed by atoms with E-state index in [-0.39, 0.29) is 10.8 Å². The first-order chi connectivity index (χ1) is 11.2. The van der Waals surface area contributed by atoms with Crippen molar-refractivity contribution in [2.75, 3.05) is 0 Å². The van der Waals surface area contributed by atoms with Gasteiger partial charge in [-0.25, -0.2) is 4.79 Å². The maximum atomic E-state index is 11.9. The van der Waals surface area contributed by atoms with E-state index in [2.05, 4.69) is 47.6 Å². The van der Waals surface area contributed by atoms with E-state index >= 15 is 0 Å². The maximum Gasteiger partial charge on any atom is 0.514 e. The van der Waals surface area contributed by atoms with Gasteiger partial charge < -0.3 is 9.47 Å². The fourth-order valence-corrected chi connectivity index (χ4v) is 3.94. The number of hydrogen-bond acceptors (Lipinski definition) is 3. The van der Waals surface area contributed by atoms with Crippen LogP contribution in [0.15, 0.2) is 18.2 Å². The predicted molar refractivity (Wildman–Crippen MR) is 102 cm³/mol. The van der Waals surface area contributed by atoms with Crippen molar-refractivity contribution in [2.24, 2.45) is 16.7 Å². The lowest BCUT2D eigenvalue weighted by atomic mass is 9.65. The molecule has 0 aromatic heterocycles. The van der Waals surface area contributed by atoms with Gasteiger partial charge in [0.1, 0.15) is 11.4 Å². The van der Waals surface area contributed by atoms with Crippen molar-refractivity contribution in [3.05, 3.63) is 29.3 Å². The first-order valence-corrected chi connectivity index (χ1v) is 9.22. The van der Waals surface area contributed by atoms with Gasteiger partial charge in [-0.15, -0.1) is 0 Å². The lowest BCUT2D eigenvalue weighted by molar-refractivity contribution is 0.0206. The first kappa shape index (κ1) is 19.8. The molecule has 1 aliphatic rings. The summed E-state index contributed by atoms with van der Waals surface area (Å²) in [6.07, 6.45) is 0.372. The van der Waals surface area contributed by atoms with Gasteiger partial charge in [0.05, 0.1) is 0 Å². The number of hydrogen-bond donors (Lipinski definition) is 0. The minimum atomic E-state index is -0.648. The van der Waals surface area contributed by atoms with Crippen molar-refractivity contribution in [3.8, 4) is 5.75 Å². The molecule has 3 nitrogen and oxygen atoms in total. The Labute approximate surface area is 153 Å². The normalized spacial score (nSPS) is 21.0. The molecular weight excluding hydrogens is 312 g/mol. The number of ether oxygens (including phenoxy) is 2. The molecule has 25 heavy (non-hydrogen) atoms. The van der Waals surface area contributed by atoms with Crippen molar-refractivity contribution >= 4 is 6.16 Å². The molecule has 0 heterocycles. The van der Waals surface area contributed by atoms with E-state index in [9.17, 15) is 4.79 Å². The van der Waals surface area contributed by atoms with E-state index < -0.39 is 11.8 Å². The number of rotatable bonds is 1. The van der Waals surface area contributed by atoms with E-state index in [1.807, 2.05) is 32.9 Å². The summed E-state index contributed by atoms with van der Waals surface area (Å²) in [5, 5.41) is 0. The number of fused-ring (bicyclic) bond motifs is 1. The average molecular weight is 347 g/mol. The monoisotopic (exact) mass is 346 g/mol. The van der Waals surface area contributed by atoms with Crippen molar-refractivity contribution in [3.63, 3.8) is 0 Å². The average Bonchev–Trinajstić information content (AvgIpc) is 2.74. The van der Waals surface area contributed by atoms with Gasteiger partial charge in [0.2, 0.25) is 0 Å². The third kappa shape index (κ3) is 4.77. The highest BCUT2D eigenvalue weighted by Crippen LogP contribution is 2.54. The first-order valence-electron chi connectivity index (χ1n) is 9.22. The molecule has 0 fully saturated rings. The second kappa shape index (κ2) is 6.34. The van der Waals surface area contributed by atoms with E-state index in [0.717, 1.165) is 6.42 Å². The van der Waals surface area contributed by atoms with Gasteiger partial charge in [-0.2, -0.15) is 0 Å². The second-order valence-electron chi connectivity index (χ2n) is 10.4. The summed E-state index contributed by atoms with van der Waals surface area (Å²) in [7, 11) is 0. The molecule has 140 valence electrons. The number of carbonyl (C=O) groups is 1. The van der Waals surface area contributed by atoms with Crippen LogP contribution < -0.4 is 4.74 Å². The molecule has 2 rings (SSSR count). The van der Waals surface area contributed by atoms with Crippen LogP contribution in [0.3, 0.4) is 0 Å². The van der Waals surface area contributed by atoms with Gasteiger partial charge in [0, 0.05) is 0 Å². The summed E-state index contributed by atoms with van der Waals surface area (Å²) in [5.41, 5.74) is 2.55. The van der Waals surface area contributed by atoms with Gasteiger partial charge in [0.15, 0.2) is 0 Å². The topological polar surface area (TPSA) is 35.5 Å². The second-order valence-corrected chi connectivity index (χ2v) is 10.4. The van der Waals surface area contributed by atoms with E-state index in [0.29, 0.717) is 17.6 Å². The van der Waals surface area contributed by atoms with Gasteiger partial charge in [0.25, 0.3) is 0 Å².